The molecule has 5 rings (SSSR count). The van der Waals surface area contributed by atoms with Crippen molar-refractivity contribution in [3.8, 4) is 0 Å². The van der Waals surface area contributed by atoms with E-state index in [1.54, 1.807) is 5.57 Å². The summed E-state index contributed by atoms with van der Waals surface area (Å²) >= 11 is 0. The third-order valence-corrected chi connectivity index (χ3v) is 6.24. The second-order valence-electron chi connectivity index (χ2n) is 6.82. The zero-order valence-corrected chi connectivity index (χ0v) is 9.73. The van der Waals surface area contributed by atoms with E-state index in [0.29, 0.717) is 6.04 Å². The molecule has 1 heteroatoms. The molecule has 0 aromatic heterocycles. The molecule has 0 radical (unpaired) electrons. The molecule has 0 amide bonds. The lowest BCUT2D eigenvalue weighted by molar-refractivity contribution is 0.151. The molecule has 0 aromatic rings. The molecule has 3 fully saturated rings. The molecule has 6 unspecified atom stereocenters. The Bertz CT molecular complexity index is 419. The number of fused-ring (bicyclic) bond motifs is 3. The largest absolute Gasteiger partial charge is 0.285 e. The third kappa shape index (κ3) is 0.881. The van der Waals surface area contributed by atoms with Gasteiger partial charge in [0.2, 0.25) is 0 Å². The van der Waals surface area contributed by atoms with E-state index in [9.17, 15) is 0 Å². The first-order valence-electron chi connectivity index (χ1n) is 7.16. The number of hydrogen-bond donors (Lipinski definition) is 0. The number of aliphatic imine (C=N–C) groups is 1. The highest BCUT2D eigenvalue weighted by Crippen LogP contribution is 2.56. The first-order chi connectivity index (χ1) is 7.88. The van der Waals surface area contributed by atoms with Crippen molar-refractivity contribution in [1.82, 2.24) is 0 Å². The fourth-order valence-corrected chi connectivity index (χ4v) is 5.53. The van der Waals surface area contributed by atoms with E-state index >= 15 is 0 Å². The lowest BCUT2D eigenvalue weighted by atomic mass is 9.69. The molecular formula is C15H19N. The van der Waals surface area contributed by atoms with Gasteiger partial charge in [-0.05, 0) is 67.8 Å². The summed E-state index contributed by atoms with van der Waals surface area (Å²) in [6, 6.07) is 0.714. The van der Waals surface area contributed by atoms with Gasteiger partial charge in [-0.15, -0.1) is 0 Å². The van der Waals surface area contributed by atoms with Crippen LogP contribution in [-0.4, -0.2) is 11.8 Å². The Morgan fingerprint density at radius 2 is 1.94 bits per heavy atom. The molecule has 0 saturated heterocycles. The van der Waals surface area contributed by atoms with Gasteiger partial charge in [0.25, 0.3) is 0 Å². The van der Waals surface area contributed by atoms with Crippen LogP contribution in [0.3, 0.4) is 0 Å². The van der Waals surface area contributed by atoms with Crippen LogP contribution in [0.15, 0.2) is 16.6 Å². The predicted octanol–water partition coefficient (Wildman–Crippen LogP) is 3.21. The quantitative estimate of drug-likeness (QED) is 0.586. The summed E-state index contributed by atoms with van der Waals surface area (Å²) in [6.45, 7) is 0. The normalized spacial score (nSPS) is 56.0. The van der Waals surface area contributed by atoms with Crippen LogP contribution in [0.5, 0.6) is 0 Å². The Kier molecular flexibility index (Phi) is 1.39. The molecule has 84 valence electrons. The maximum Gasteiger partial charge on any atom is 0.0596 e. The van der Waals surface area contributed by atoms with Crippen LogP contribution in [-0.2, 0) is 0 Å². The smallest absolute Gasteiger partial charge is 0.0596 e. The minimum absolute atomic E-state index is 0.714. The highest BCUT2D eigenvalue weighted by Gasteiger charge is 2.51. The van der Waals surface area contributed by atoms with Crippen molar-refractivity contribution in [3.63, 3.8) is 0 Å². The Hall–Kier alpha value is -0.590. The number of allylic oxidation sites excluding steroid dienone is 1. The first kappa shape index (κ1) is 8.49. The maximum absolute atomic E-state index is 5.16. The summed E-state index contributed by atoms with van der Waals surface area (Å²) < 4.78 is 0. The average molecular weight is 213 g/mol. The Balaban J connectivity index is 1.74. The molecular weight excluding hydrogens is 194 g/mol. The van der Waals surface area contributed by atoms with Gasteiger partial charge in [0.05, 0.1) is 6.04 Å². The first-order valence-corrected chi connectivity index (χ1v) is 7.16. The minimum Gasteiger partial charge on any atom is -0.285 e. The molecule has 1 nitrogen and oxygen atoms in total. The second-order valence-corrected chi connectivity index (χ2v) is 6.82. The highest BCUT2D eigenvalue weighted by atomic mass is 14.9. The van der Waals surface area contributed by atoms with Gasteiger partial charge in [-0.1, -0.05) is 6.08 Å². The van der Waals surface area contributed by atoms with Crippen LogP contribution >= 0.6 is 0 Å². The topological polar surface area (TPSA) is 12.4 Å². The van der Waals surface area contributed by atoms with Gasteiger partial charge in [0.15, 0.2) is 0 Å². The summed E-state index contributed by atoms with van der Waals surface area (Å²) in [4.78, 5) is 5.16. The van der Waals surface area contributed by atoms with Crippen LogP contribution in [0.2, 0.25) is 0 Å². The van der Waals surface area contributed by atoms with Gasteiger partial charge in [0.1, 0.15) is 0 Å². The van der Waals surface area contributed by atoms with Crippen LogP contribution in [0.4, 0.5) is 0 Å². The van der Waals surface area contributed by atoms with E-state index in [2.05, 4.69) is 6.08 Å². The highest BCUT2D eigenvalue weighted by molar-refractivity contribution is 6.03. The molecule has 0 spiro atoms. The van der Waals surface area contributed by atoms with E-state index < -0.39 is 0 Å². The van der Waals surface area contributed by atoms with Crippen molar-refractivity contribution < 1.29 is 0 Å². The van der Waals surface area contributed by atoms with E-state index in [1.165, 1.54) is 44.2 Å². The standard InChI is InChI=1S/C15H19N/c1-2-9-3-12-5-11-4-10-7-14(11)16-15(12)13(9)6-8(1)10/h5,8-10,12-13,15H,1-4,6-7H2. The molecule has 2 heterocycles. The lowest BCUT2D eigenvalue weighted by Crippen LogP contribution is -2.33. The van der Waals surface area contributed by atoms with E-state index in [4.69, 9.17) is 4.99 Å². The maximum atomic E-state index is 5.16. The zero-order valence-electron chi connectivity index (χ0n) is 9.73. The zero-order chi connectivity index (χ0) is 10.3. The van der Waals surface area contributed by atoms with Gasteiger partial charge in [0, 0.05) is 11.6 Å². The number of nitrogens with zero attached hydrogens (tertiary/aromatic N) is 1. The molecule has 0 aromatic carbocycles. The molecule has 5 bridgehead atoms. The van der Waals surface area contributed by atoms with Crippen molar-refractivity contribution in [1.29, 1.82) is 0 Å². The van der Waals surface area contributed by atoms with Crippen LogP contribution in [0.1, 0.15) is 38.5 Å². The van der Waals surface area contributed by atoms with E-state index in [-0.39, 0.29) is 0 Å². The molecule has 0 N–H and O–H groups in total. The molecule has 6 atom stereocenters. The Morgan fingerprint density at radius 1 is 1.00 bits per heavy atom. The monoisotopic (exact) mass is 213 g/mol. The molecule has 2 aliphatic heterocycles. The second kappa shape index (κ2) is 2.63. The van der Waals surface area contributed by atoms with Gasteiger partial charge in [-0.3, -0.25) is 4.99 Å². The number of hydrogen-bond acceptors (Lipinski definition) is 1. The van der Waals surface area contributed by atoms with Crippen molar-refractivity contribution in [3.05, 3.63) is 11.6 Å². The predicted molar refractivity (Wildman–Crippen MR) is 64.5 cm³/mol. The van der Waals surface area contributed by atoms with Gasteiger partial charge in [-0.25, -0.2) is 0 Å². The van der Waals surface area contributed by atoms with E-state index in [1.807, 2.05) is 0 Å². The number of dihydropyridines is 1. The SMILES string of the molecule is C1=C2CC3CC2=NC2C1CC1CCC3CC12. The lowest BCUT2D eigenvalue weighted by Gasteiger charge is -2.37. The molecule has 5 aliphatic rings. The van der Waals surface area contributed by atoms with Crippen LogP contribution in [0.25, 0.3) is 0 Å². The fraction of sp³-hybridized carbons (Fsp3) is 0.800. The summed E-state index contributed by atoms with van der Waals surface area (Å²) in [6.07, 6.45) is 11.4. The molecule has 16 heavy (non-hydrogen) atoms. The summed E-state index contributed by atoms with van der Waals surface area (Å²) in [5.74, 6) is 4.87. The number of rotatable bonds is 0. The minimum atomic E-state index is 0.714. The summed E-state index contributed by atoms with van der Waals surface area (Å²) in [7, 11) is 0. The van der Waals surface area contributed by atoms with Crippen molar-refractivity contribution >= 4 is 5.71 Å². The molecule has 3 saturated carbocycles. The molecule has 3 aliphatic carbocycles. The Labute approximate surface area is 97.0 Å². The van der Waals surface area contributed by atoms with E-state index in [0.717, 1.165) is 29.6 Å². The van der Waals surface area contributed by atoms with Crippen molar-refractivity contribution in [2.24, 2.45) is 34.6 Å². The summed E-state index contributed by atoms with van der Waals surface area (Å²) in [5, 5.41) is 0. The van der Waals surface area contributed by atoms with Crippen LogP contribution < -0.4 is 0 Å². The fourth-order valence-electron chi connectivity index (χ4n) is 5.53. The van der Waals surface area contributed by atoms with Crippen molar-refractivity contribution in [2.75, 3.05) is 0 Å². The van der Waals surface area contributed by atoms with Gasteiger partial charge >= 0.3 is 0 Å². The Morgan fingerprint density at radius 3 is 2.94 bits per heavy atom. The van der Waals surface area contributed by atoms with Gasteiger partial charge in [-0.2, -0.15) is 0 Å². The van der Waals surface area contributed by atoms with Gasteiger partial charge < -0.3 is 0 Å². The summed E-state index contributed by atoms with van der Waals surface area (Å²) in [5.41, 5.74) is 3.20. The van der Waals surface area contributed by atoms with Crippen LogP contribution in [0, 0.1) is 29.6 Å². The average Bonchev–Trinajstić information content (AvgIpc) is 2.84. The third-order valence-electron chi connectivity index (χ3n) is 6.24. The van der Waals surface area contributed by atoms with Crippen molar-refractivity contribution in [2.45, 2.75) is 44.6 Å².